The molecule has 2 aliphatic rings. The van der Waals surface area contributed by atoms with Crippen LogP contribution >= 0.6 is 11.8 Å². The maximum Gasteiger partial charge on any atom is 0.122 e. The van der Waals surface area contributed by atoms with Crippen molar-refractivity contribution in [1.29, 1.82) is 0 Å². The SMILES string of the molecule is CC1(C)CN(Cc2ccoc2CNC2CC2)CCS1. The summed E-state index contributed by atoms with van der Waals surface area (Å²) >= 11 is 2.09. The standard InChI is InChI=1S/C15H24N2OS/c1-15(2)11-17(6-8-19-15)10-12-5-7-18-14(12)9-16-13-3-4-13/h5,7,13,16H,3-4,6,8-11H2,1-2H3. The van der Waals surface area contributed by atoms with Crippen molar-refractivity contribution in [2.75, 3.05) is 18.8 Å². The summed E-state index contributed by atoms with van der Waals surface area (Å²) in [5.74, 6) is 2.36. The molecule has 106 valence electrons. The molecule has 0 atom stereocenters. The number of rotatable bonds is 5. The van der Waals surface area contributed by atoms with Crippen LogP contribution in [0.1, 0.15) is 38.0 Å². The van der Waals surface area contributed by atoms with Crippen molar-refractivity contribution in [2.24, 2.45) is 0 Å². The highest BCUT2D eigenvalue weighted by Crippen LogP contribution is 2.30. The highest BCUT2D eigenvalue weighted by Gasteiger charge is 2.27. The minimum absolute atomic E-state index is 0.383. The first-order valence-electron chi connectivity index (χ1n) is 7.27. The number of thioether (sulfide) groups is 1. The Morgan fingerprint density at radius 1 is 1.47 bits per heavy atom. The van der Waals surface area contributed by atoms with Crippen LogP contribution in [0.15, 0.2) is 16.7 Å². The average Bonchev–Trinajstić information content (AvgIpc) is 3.07. The van der Waals surface area contributed by atoms with Crippen LogP contribution in [0.25, 0.3) is 0 Å². The van der Waals surface area contributed by atoms with Crippen molar-refractivity contribution in [3.63, 3.8) is 0 Å². The van der Waals surface area contributed by atoms with Gasteiger partial charge in [0, 0.05) is 41.7 Å². The van der Waals surface area contributed by atoms with Crippen LogP contribution in [-0.4, -0.2) is 34.5 Å². The summed E-state index contributed by atoms with van der Waals surface area (Å²) in [5.41, 5.74) is 1.36. The van der Waals surface area contributed by atoms with E-state index in [2.05, 4.69) is 41.9 Å². The zero-order chi connectivity index (χ0) is 13.3. The van der Waals surface area contributed by atoms with Gasteiger partial charge in [0.05, 0.1) is 12.8 Å². The molecule has 3 rings (SSSR count). The predicted molar refractivity (Wildman–Crippen MR) is 80.4 cm³/mol. The van der Waals surface area contributed by atoms with Crippen LogP contribution in [0.4, 0.5) is 0 Å². The second-order valence-corrected chi connectivity index (χ2v) is 8.15. The molecule has 1 saturated carbocycles. The summed E-state index contributed by atoms with van der Waals surface area (Å²) in [5, 5.41) is 3.54. The lowest BCUT2D eigenvalue weighted by atomic mass is 10.1. The molecule has 1 aliphatic carbocycles. The van der Waals surface area contributed by atoms with E-state index in [0.29, 0.717) is 4.75 Å². The Bertz CT molecular complexity index is 426. The number of hydrogen-bond donors (Lipinski definition) is 1. The molecule has 1 aromatic rings. The summed E-state index contributed by atoms with van der Waals surface area (Å²) in [7, 11) is 0. The van der Waals surface area contributed by atoms with E-state index in [9.17, 15) is 0 Å². The monoisotopic (exact) mass is 280 g/mol. The van der Waals surface area contributed by atoms with Gasteiger partial charge < -0.3 is 9.73 Å². The van der Waals surface area contributed by atoms with E-state index in [1.54, 1.807) is 0 Å². The molecule has 1 aliphatic heterocycles. The Kier molecular flexibility index (Phi) is 3.92. The van der Waals surface area contributed by atoms with Gasteiger partial charge in [0.25, 0.3) is 0 Å². The van der Waals surface area contributed by atoms with Crippen LogP contribution in [-0.2, 0) is 13.1 Å². The van der Waals surface area contributed by atoms with Gasteiger partial charge >= 0.3 is 0 Å². The molecule has 0 radical (unpaired) electrons. The molecular weight excluding hydrogens is 256 g/mol. The second-order valence-electron chi connectivity index (χ2n) is 6.34. The third-order valence-electron chi connectivity index (χ3n) is 3.86. The fraction of sp³-hybridized carbons (Fsp3) is 0.733. The quantitative estimate of drug-likeness (QED) is 0.898. The molecular formula is C15H24N2OS. The zero-order valence-electron chi connectivity index (χ0n) is 11.9. The Hall–Kier alpha value is -0.450. The van der Waals surface area contributed by atoms with Gasteiger partial charge in [-0.15, -0.1) is 0 Å². The third-order valence-corrected chi connectivity index (χ3v) is 5.16. The van der Waals surface area contributed by atoms with Crippen molar-refractivity contribution in [3.8, 4) is 0 Å². The van der Waals surface area contributed by atoms with Gasteiger partial charge in [-0.3, -0.25) is 4.90 Å². The summed E-state index contributed by atoms with van der Waals surface area (Å²) in [6.45, 7) is 8.96. The van der Waals surface area contributed by atoms with E-state index >= 15 is 0 Å². The molecule has 3 nitrogen and oxygen atoms in total. The van der Waals surface area contributed by atoms with E-state index in [1.807, 2.05) is 6.26 Å². The number of nitrogens with zero attached hydrogens (tertiary/aromatic N) is 1. The smallest absolute Gasteiger partial charge is 0.122 e. The van der Waals surface area contributed by atoms with E-state index in [-0.39, 0.29) is 0 Å². The molecule has 4 heteroatoms. The maximum atomic E-state index is 5.64. The van der Waals surface area contributed by atoms with Crippen LogP contribution in [0, 0.1) is 0 Å². The van der Waals surface area contributed by atoms with Crippen LogP contribution in [0.2, 0.25) is 0 Å². The Labute approximate surface area is 120 Å². The molecule has 2 heterocycles. The summed E-state index contributed by atoms with van der Waals surface area (Å²) in [6.07, 6.45) is 4.49. The lowest BCUT2D eigenvalue weighted by Crippen LogP contribution is -2.42. The maximum absolute atomic E-state index is 5.64. The topological polar surface area (TPSA) is 28.4 Å². The molecule has 19 heavy (non-hydrogen) atoms. The summed E-state index contributed by atoms with van der Waals surface area (Å²) in [6, 6.07) is 2.88. The first kappa shape index (κ1) is 13.5. The zero-order valence-corrected chi connectivity index (χ0v) is 12.8. The highest BCUT2D eigenvalue weighted by molar-refractivity contribution is 8.00. The molecule has 0 aromatic carbocycles. The van der Waals surface area contributed by atoms with Crippen molar-refractivity contribution in [3.05, 3.63) is 23.7 Å². The second kappa shape index (κ2) is 5.51. The van der Waals surface area contributed by atoms with Crippen LogP contribution in [0.3, 0.4) is 0 Å². The van der Waals surface area contributed by atoms with Gasteiger partial charge in [-0.2, -0.15) is 11.8 Å². The van der Waals surface area contributed by atoms with E-state index in [4.69, 9.17) is 4.42 Å². The molecule has 0 unspecified atom stereocenters. The molecule has 1 saturated heterocycles. The lowest BCUT2D eigenvalue weighted by molar-refractivity contribution is 0.250. The Balaban J connectivity index is 1.57. The molecule has 2 fully saturated rings. The molecule has 0 amide bonds. The third kappa shape index (κ3) is 3.77. The fourth-order valence-corrected chi connectivity index (χ4v) is 3.85. The van der Waals surface area contributed by atoms with Gasteiger partial charge in [0.2, 0.25) is 0 Å². The van der Waals surface area contributed by atoms with Crippen molar-refractivity contribution >= 4 is 11.8 Å². The van der Waals surface area contributed by atoms with Crippen molar-refractivity contribution in [2.45, 2.75) is 50.6 Å². The molecule has 0 spiro atoms. The van der Waals surface area contributed by atoms with E-state index in [0.717, 1.165) is 24.9 Å². The van der Waals surface area contributed by atoms with E-state index < -0.39 is 0 Å². The Morgan fingerprint density at radius 2 is 2.32 bits per heavy atom. The van der Waals surface area contributed by atoms with Crippen molar-refractivity contribution < 1.29 is 4.42 Å². The largest absolute Gasteiger partial charge is 0.468 e. The fourth-order valence-electron chi connectivity index (χ4n) is 2.68. The number of hydrogen-bond acceptors (Lipinski definition) is 4. The molecule has 1 N–H and O–H groups in total. The van der Waals surface area contributed by atoms with Crippen molar-refractivity contribution in [1.82, 2.24) is 10.2 Å². The normalized spacial score (nSPS) is 23.7. The van der Waals surface area contributed by atoms with Gasteiger partial charge in [-0.1, -0.05) is 0 Å². The van der Waals surface area contributed by atoms with Gasteiger partial charge in [-0.05, 0) is 32.8 Å². The highest BCUT2D eigenvalue weighted by atomic mass is 32.2. The molecule has 0 bridgehead atoms. The first-order chi connectivity index (χ1) is 9.12. The van der Waals surface area contributed by atoms with Crippen LogP contribution in [0.5, 0.6) is 0 Å². The van der Waals surface area contributed by atoms with Gasteiger partial charge in [0.1, 0.15) is 5.76 Å². The van der Waals surface area contributed by atoms with E-state index in [1.165, 1.54) is 37.2 Å². The number of furan rings is 1. The minimum Gasteiger partial charge on any atom is -0.468 e. The number of nitrogens with one attached hydrogen (secondary N) is 1. The summed E-state index contributed by atoms with van der Waals surface area (Å²) < 4.78 is 6.03. The Morgan fingerprint density at radius 3 is 3.05 bits per heavy atom. The van der Waals surface area contributed by atoms with Gasteiger partial charge in [0.15, 0.2) is 0 Å². The lowest BCUT2D eigenvalue weighted by Gasteiger charge is -2.37. The summed E-state index contributed by atoms with van der Waals surface area (Å²) in [4.78, 5) is 2.56. The predicted octanol–water partition coefficient (Wildman–Crippen LogP) is 2.86. The van der Waals surface area contributed by atoms with Gasteiger partial charge in [-0.25, -0.2) is 0 Å². The first-order valence-corrected chi connectivity index (χ1v) is 8.26. The van der Waals surface area contributed by atoms with Crippen LogP contribution < -0.4 is 5.32 Å². The average molecular weight is 280 g/mol. The minimum atomic E-state index is 0.383. The molecule has 1 aromatic heterocycles.